The molecule has 1 aliphatic carbocycles. The molecule has 0 unspecified atom stereocenters. The first-order valence-electron chi connectivity index (χ1n) is 8.43. The SMILES string of the molecule is O=C(NC1CC1)c1ccc(Nc2cc(-c3ccc(F)cc3)ncn2)cc1. The Bertz CT molecular complexity index is 921. The molecule has 0 atom stereocenters. The standard InChI is InChI=1S/C20H17FN4O/c21-15-5-1-13(2-6-15)18-11-19(23-12-22-18)24-16-7-3-14(4-8-16)20(26)25-17-9-10-17/h1-8,11-12,17H,9-10H2,(H,25,26)(H,22,23,24). The summed E-state index contributed by atoms with van der Waals surface area (Å²) in [5, 5.41) is 6.15. The van der Waals surface area contributed by atoms with Crippen molar-refractivity contribution in [1.29, 1.82) is 0 Å². The number of rotatable bonds is 5. The summed E-state index contributed by atoms with van der Waals surface area (Å²) in [5.74, 6) is 0.293. The summed E-state index contributed by atoms with van der Waals surface area (Å²) in [6.45, 7) is 0. The molecule has 6 heteroatoms. The summed E-state index contributed by atoms with van der Waals surface area (Å²) in [7, 11) is 0. The van der Waals surface area contributed by atoms with Crippen LogP contribution in [0.25, 0.3) is 11.3 Å². The Kier molecular flexibility index (Phi) is 4.31. The molecule has 0 radical (unpaired) electrons. The van der Waals surface area contributed by atoms with Crippen LogP contribution in [-0.4, -0.2) is 21.9 Å². The number of carbonyl (C=O) groups is 1. The first-order valence-corrected chi connectivity index (χ1v) is 8.43. The van der Waals surface area contributed by atoms with E-state index in [-0.39, 0.29) is 11.7 Å². The van der Waals surface area contributed by atoms with Gasteiger partial charge in [-0.05, 0) is 61.4 Å². The monoisotopic (exact) mass is 348 g/mol. The fraction of sp³-hybridized carbons (Fsp3) is 0.150. The lowest BCUT2D eigenvalue weighted by Gasteiger charge is -2.08. The van der Waals surface area contributed by atoms with Gasteiger partial charge in [-0.15, -0.1) is 0 Å². The largest absolute Gasteiger partial charge is 0.349 e. The second-order valence-corrected chi connectivity index (χ2v) is 6.25. The van der Waals surface area contributed by atoms with Crippen molar-refractivity contribution in [2.45, 2.75) is 18.9 Å². The van der Waals surface area contributed by atoms with Crippen molar-refractivity contribution in [2.24, 2.45) is 0 Å². The third-order valence-corrected chi connectivity index (χ3v) is 4.14. The predicted molar refractivity (Wildman–Crippen MR) is 97.6 cm³/mol. The number of hydrogen-bond acceptors (Lipinski definition) is 4. The molecule has 1 amide bonds. The molecule has 1 fully saturated rings. The minimum atomic E-state index is -0.285. The van der Waals surface area contributed by atoms with Gasteiger partial charge in [0.15, 0.2) is 0 Å². The van der Waals surface area contributed by atoms with E-state index in [1.54, 1.807) is 30.3 Å². The van der Waals surface area contributed by atoms with Crippen LogP contribution in [0.15, 0.2) is 60.9 Å². The zero-order chi connectivity index (χ0) is 17.9. The Morgan fingerprint density at radius 1 is 1.00 bits per heavy atom. The lowest BCUT2D eigenvalue weighted by atomic mass is 10.1. The molecule has 0 aliphatic heterocycles. The van der Waals surface area contributed by atoms with Crippen LogP contribution in [0.4, 0.5) is 15.9 Å². The Morgan fingerprint density at radius 2 is 1.73 bits per heavy atom. The van der Waals surface area contributed by atoms with Crippen molar-refractivity contribution < 1.29 is 9.18 Å². The minimum absolute atomic E-state index is 0.0420. The highest BCUT2D eigenvalue weighted by Crippen LogP contribution is 2.22. The zero-order valence-electron chi connectivity index (χ0n) is 13.9. The number of halogens is 1. The molecule has 4 rings (SSSR count). The van der Waals surface area contributed by atoms with Gasteiger partial charge in [-0.1, -0.05) is 0 Å². The van der Waals surface area contributed by atoms with E-state index >= 15 is 0 Å². The number of anilines is 2. The maximum absolute atomic E-state index is 13.1. The number of benzene rings is 2. The van der Waals surface area contributed by atoms with Crippen LogP contribution in [-0.2, 0) is 0 Å². The number of aromatic nitrogens is 2. The minimum Gasteiger partial charge on any atom is -0.349 e. The van der Waals surface area contributed by atoms with Gasteiger partial charge in [-0.25, -0.2) is 14.4 Å². The molecule has 2 aromatic carbocycles. The van der Waals surface area contributed by atoms with Gasteiger partial charge in [0.2, 0.25) is 0 Å². The van der Waals surface area contributed by atoms with E-state index in [9.17, 15) is 9.18 Å². The second-order valence-electron chi connectivity index (χ2n) is 6.25. The first-order chi connectivity index (χ1) is 12.7. The Hall–Kier alpha value is -3.28. The summed E-state index contributed by atoms with van der Waals surface area (Å²) < 4.78 is 13.1. The third-order valence-electron chi connectivity index (χ3n) is 4.14. The maximum atomic E-state index is 13.1. The van der Waals surface area contributed by atoms with Gasteiger partial charge in [0.25, 0.3) is 5.91 Å². The predicted octanol–water partition coefficient (Wildman–Crippen LogP) is 3.92. The smallest absolute Gasteiger partial charge is 0.251 e. The molecule has 1 aliphatic rings. The topological polar surface area (TPSA) is 66.9 Å². The highest BCUT2D eigenvalue weighted by atomic mass is 19.1. The molecule has 0 spiro atoms. The van der Waals surface area contributed by atoms with Crippen molar-refractivity contribution in [1.82, 2.24) is 15.3 Å². The molecular weight excluding hydrogens is 331 g/mol. The Balaban J connectivity index is 1.47. The Labute approximate surface area is 150 Å². The quantitative estimate of drug-likeness (QED) is 0.733. The van der Waals surface area contributed by atoms with Gasteiger partial charge in [0.1, 0.15) is 18.0 Å². The van der Waals surface area contributed by atoms with Gasteiger partial charge in [-0.2, -0.15) is 0 Å². The summed E-state index contributed by atoms with van der Waals surface area (Å²) in [6.07, 6.45) is 3.59. The molecule has 26 heavy (non-hydrogen) atoms. The average molecular weight is 348 g/mol. The summed E-state index contributed by atoms with van der Waals surface area (Å²) in [5.41, 5.74) is 2.96. The number of nitrogens with zero attached hydrogens (tertiary/aromatic N) is 2. The van der Waals surface area contributed by atoms with Gasteiger partial charge < -0.3 is 10.6 Å². The van der Waals surface area contributed by atoms with E-state index in [0.29, 0.717) is 23.1 Å². The van der Waals surface area contributed by atoms with E-state index < -0.39 is 0 Å². The molecule has 3 aromatic rings. The van der Waals surface area contributed by atoms with Crippen LogP contribution in [0.1, 0.15) is 23.2 Å². The molecule has 130 valence electrons. The zero-order valence-corrected chi connectivity index (χ0v) is 13.9. The highest BCUT2D eigenvalue weighted by Gasteiger charge is 2.23. The van der Waals surface area contributed by atoms with Crippen LogP contribution in [0.2, 0.25) is 0 Å². The summed E-state index contributed by atoms with van der Waals surface area (Å²) in [6, 6.07) is 15.5. The van der Waals surface area contributed by atoms with Crippen molar-refractivity contribution in [2.75, 3.05) is 5.32 Å². The molecule has 1 saturated carbocycles. The molecule has 0 bridgehead atoms. The number of nitrogens with one attached hydrogen (secondary N) is 2. The summed E-state index contributed by atoms with van der Waals surface area (Å²) >= 11 is 0. The van der Waals surface area contributed by atoms with E-state index in [1.165, 1.54) is 18.5 Å². The van der Waals surface area contributed by atoms with Gasteiger partial charge in [0, 0.05) is 28.9 Å². The van der Waals surface area contributed by atoms with E-state index in [0.717, 1.165) is 24.1 Å². The lowest BCUT2D eigenvalue weighted by molar-refractivity contribution is 0.0951. The van der Waals surface area contributed by atoms with E-state index in [4.69, 9.17) is 0 Å². The van der Waals surface area contributed by atoms with Crippen LogP contribution >= 0.6 is 0 Å². The number of amides is 1. The van der Waals surface area contributed by atoms with Crippen LogP contribution < -0.4 is 10.6 Å². The Morgan fingerprint density at radius 3 is 2.42 bits per heavy atom. The van der Waals surface area contributed by atoms with Crippen LogP contribution in [0, 0.1) is 5.82 Å². The number of carbonyl (C=O) groups excluding carboxylic acids is 1. The fourth-order valence-corrected chi connectivity index (χ4v) is 2.55. The lowest BCUT2D eigenvalue weighted by Crippen LogP contribution is -2.25. The molecule has 0 saturated heterocycles. The summed E-state index contributed by atoms with van der Waals surface area (Å²) in [4.78, 5) is 20.4. The number of hydrogen-bond donors (Lipinski definition) is 2. The van der Waals surface area contributed by atoms with Crippen molar-refractivity contribution in [3.8, 4) is 11.3 Å². The van der Waals surface area contributed by atoms with Crippen molar-refractivity contribution in [3.05, 3.63) is 72.3 Å². The molecule has 1 aromatic heterocycles. The maximum Gasteiger partial charge on any atom is 0.251 e. The van der Waals surface area contributed by atoms with Crippen molar-refractivity contribution >= 4 is 17.4 Å². The third kappa shape index (κ3) is 3.85. The van der Waals surface area contributed by atoms with E-state index in [1.807, 2.05) is 12.1 Å². The van der Waals surface area contributed by atoms with E-state index in [2.05, 4.69) is 20.6 Å². The molecule has 1 heterocycles. The normalized spacial score (nSPS) is 13.3. The van der Waals surface area contributed by atoms with Gasteiger partial charge >= 0.3 is 0 Å². The molecule has 2 N–H and O–H groups in total. The first kappa shape index (κ1) is 16.2. The second kappa shape index (κ2) is 6.92. The molecular formula is C20H17FN4O. The molecule has 5 nitrogen and oxygen atoms in total. The highest BCUT2D eigenvalue weighted by molar-refractivity contribution is 5.95. The van der Waals surface area contributed by atoms with Gasteiger partial charge in [0.05, 0.1) is 5.69 Å². The average Bonchev–Trinajstić information content (AvgIpc) is 3.47. The van der Waals surface area contributed by atoms with Crippen LogP contribution in [0.5, 0.6) is 0 Å². The van der Waals surface area contributed by atoms with Crippen LogP contribution in [0.3, 0.4) is 0 Å². The van der Waals surface area contributed by atoms with Gasteiger partial charge in [-0.3, -0.25) is 4.79 Å². The fourth-order valence-electron chi connectivity index (χ4n) is 2.55. The van der Waals surface area contributed by atoms with Crippen molar-refractivity contribution in [3.63, 3.8) is 0 Å².